The molecule has 1 aliphatic carbocycles. The molecular formula is C10H22N2. The SMILES string of the molecule is CCNC(CN(C)C)C1CCC1. The molecule has 0 aromatic rings. The average molecular weight is 170 g/mol. The van der Waals surface area contributed by atoms with Gasteiger partial charge in [0.2, 0.25) is 0 Å². The van der Waals surface area contributed by atoms with Crippen LogP contribution in [0.2, 0.25) is 0 Å². The van der Waals surface area contributed by atoms with E-state index in [1.165, 1.54) is 25.8 Å². The van der Waals surface area contributed by atoms with Gasteiger partial charge in [0.15, 0.2) is 0 Å². The van der Waals surface area contributed by atoms with Gasteiger partial charge in [0, 0.05) is 12.6 Å². The van der Waals surface area contributed by atoms with Gasteiger partial charge in [-0.2, -0.15) is 0 Å². The van der Waals surface area contributed by atoms with Gasteiger partial charge < -0.3 is 10.2 Å². The van der Waals surface area contributed by atoms with Gasteiger partial charge in [0.05, 0.1) is 0 Å². The summed E-state index contributed by atoms with van der Waals surface area (Å²) in [5.41, 5.74) is 0. The van der Waals surface area contributed by atoms with E-state index in [1.807, 2.05) is 0 Å². The number of likely N-dealkylation sites (N-methyl/N-ethyl adjacent to an activating group) is 2. The second kappa shape index (κ2) is 4.83. The predicted octanol–water partition coefficient (Wildman–Crippen LogP) is 1.33. The Kier molecular flexibility index (Phi) is 4.02. The highest BCUT2D eigenvalue weighted by Gasteiger charge is 2.26. The van der Waals surface area contributed by atoms with Crippen molar-refractivity contribution in [3.05, 3.63) is 0 Å². The van der Waals surface area contributed by atoms with Crippen LogP contribution in [0.1, 0.15) is 26.2 Å². The molecule has 0 aromatic heterocycles. The van der Waals surface area contributed by atoms with E-state index >= 15 is 0 Å². The maximum Gasteiger partial charge on any atom is 0.0222 e. The molecule has 0 amide bonds. The Labute approximate surface area is 76.3 Å². The molecule has 0 heterocycles. The van der Waals surface area contributed by atoms with Crippen LogP contribution in [0, 0.1) is 5.92 Å². The van der Waals surface area contributed by atoms with Gasteiger partial charge in [-0.15, -0.1) is 0 Å². The summed E-state index contributed by atoms with van der Waals surface area (Å²) in [6, 6.07) is 0.735. The van der Waals surface area contributed by atoms with Crippen LogP contribution in [0.3, 0.4) is 0 Å². The number of hydrogen-bond acceptors (Lipinski definition) is 2. The van der Waals surface area contributed by atoms with Gasteiger partial charge in [-0.25, -0.2) is 0 Å². The number of hydrogen-bond donors (Lipinski definition) is 1. The van der Waals surface area contributed by atoms with E-state index < -0.39 is 0 Å². The summed E-state index contributed by atoms with van der Waals surface area (Å²) in [6.45, 7) is 4.49. The van der Waals surface area contributed by atoms with E-state index in [1.54, 1.807) is 0 Å². The largest absolute Gasteiger partial charge is 0.313 e. The minimum Gasteiger partial charge on any atom is -0.313 e. The zero-order chi connectivity index (χ0) is 8.97. The van der Waals surface area contributed by atoms with Crippen molar-refractivity contribution >= 4 is 0 Å². The quantitative estimate of drug-likeness (QED) is 0.669. The smallest absolute Gasteiger partial charge is 0.0222 e. The van der Waals surface area contributed by atoms with Crippen molar-refractivity contribution in [2.75, 3.05) is 27.2 Å². The Balaban J connectivity index is 2.26. The fraction of sp³-hybridized carbons (Fsp3) is 1.00. The molecule has 12 heavy (non-hydrogen) atoms. The lowest BCUT2D eigenvalue weighted by atomic mass is 9.79. The van der Waals surface area contributed by atoms with E-state index in [-0.39, 0.29) is 0 Å². The van der Waals surface area contributed by atoms with Crippen molar-refractivity contribution in [3.63, 3.8) is 0 Å². The molecule has 0 spiro atoms. The first-order chi connectivity index (χ1) is 5.74. The summed E-state index contributed by atoms with van der Waals surface area (Å²) >= 11 is 0. The van der Waals surface area contributed by atoms with E-state index in [2.05, 4.69) is 31.2 Å². The van der Waals surface area contributed by atoms with Crippen LogP contribution >= 0.6 is 0 Å². The second-order valence-corrected chi connectivity index (χ2v) is 4.12. The van der Waals surface area contributed by atoms with Crippen molar-refractivity contribution in [2.24, 2.45) is 5.92 Å². The second-order valence-electron chi connectivity index (χ2n) is 4.12. The first kappa shape index (κ1) is 10.0. The van der Waals surface area contributed by atoms with Gasteiger partial charge in [-0.3, -0.25) is 0 Å². The molecule has 1 rings (SSSR count). The van der Waals surface area contributed by atoms with Gasteiger partial charge in [0.25, 0.3) is 0 Å². The summed E-state index contributed by atoms with van der Waals surface area (Å²) in [7, 11) is 4.31. The lowest BCUT2D eigenvalue weighted by molar-refractivity contribution is 0.193. The molecule has 1 saturated carbocycles. The molecule has 1 fully saturated rings. The maximum atomic E-state index is 3.57. The predicted molar refractivity (Wildman–Crippen MR) is 53.4 cm³/mol. The third-order valence-corrected chi connectivity index (χ3v) is 2.75. The Morgan fingerprint density at radius 2 is 2.08 bits per heavy atom. The molecule has 0 radical (unpaired) electrons. The van der Waals surface area contributed by atoms with Crippen LogP contribution in [0.4, 0.5) is 0 Å². The van der Waals surface area contributed by atoms with Gasteiger partial charge in [0.1, 0.15) is 0 Å². The molecule has 72 valence electrons. The molecular weight excluding hydrogens is 148 g/mol. The molecule has 1 N–H and O–H groups in total. The van der Waals surface area contributed by atoms with Crippen LogP contribution in [0.5, 0.6) is 0 Å². The highest BCUT2D eigenvalue weighted by Crippen LogP contribution is 2.29. The maximum absolute atomic E-state index is 3.57. The van der Waals surface area contributed by atoms with Gasteiger partial charge in [-0.05, 0) is 39.4 Å². The zero-order valence-electron chi connectivity index (χ0n) is 8.64. The highest BCUT2D eigenvalue weighted by molar-refractivity contribution is 4.83. The van der Waals surface area contributed by atoms with E-state index in [9.17, 15) is 0 Å². The van der Waals surface area contributed by atoms with Crippen LogP contribution < -0.4 is 5.32 Å². The molecule has 0 bridgehead atoms. The minimum atomic E-state index is 0.735. The monoisotopic (exact) mass is 170 g/mol. The highest BCUT2D eigenvalue weighted by atomic mass is 15.1. The molecule has 0 aromatic carbocycles. The molecule has 2 heteroatoms. The van der Waals surface area contributed by atoms with E-state index in [0.29, 0.717) is 0 Å². The van der Waals surface area contributed by atoms with Crippen molar-refractivity contribution in [2.45, 2.75) is 32.2 Å². The average Bonchev–Trinajstić information content (AvgIpc) is 1.81. The molecule has 0 saturated heterocycles. The fourth-order valence-corrected chi connectivity index (χ4v) is 1.88. The Bertz CT molecular complexity index is 119. The Morgan fingerprint density at radius 3 is 2.42 bits per heavy atom. The van der Waals surface area contributed by atoms with E-state index in [0.717, 1.165) is 18.5 Å². The molecule has 2 nitrogen and oxygen atoms in total. The summed E-state index contributed by atoms with van der Waals surface area (Å²) < 4.78 is 0. The van der Waals surface area contributed by atoms with E-state index in [4.69, 9.17) is 0 Å². The Morgan fingerprint density at radius 1 is 1.42 bits per heavy atom. The van der Waals surface area contributed by atoms with Gasteiger partial charge >= 0.3 is 0 Å². The lowest BCUT2D eigenvalue weighted by Crippen LogP contribution is -2.45. The standard InChI is InChI=1S/C10H22N2/c1-4-11-10(8-12(2)3)9-6-5-7-9/h9-11H,4-8H2,1-3H3. The van der Waals surface area contributed by atoms with Crippen LogP contribution in [0.25, 0.3) is 0 Å². The first-order valence-electron chi connectivity index (χ1n) is 5.12. The Hall–Kier alpha value is -0.0800. The fourth-order valence-electron chi connectivity index (χ4n) is 1.88. The number of nitrogens with one attached hydrogen (secondary N) is 1. The third-order valence-electron chi connectivity index (χ3n) is 2.75. The lowest BCUT2D eigenvalue weighted by Gasteiger charge is -2.35. The van der Waals surface area contributed by atoms with Gasteiger partial charge in [-0.1, -0.05) is 13.3 Å². The number of rotatable bonds is 5. The van der Waals surface area contributed by atoms with Crippen LogP contribution in [-0.2, 0) is 0 Å². The van der Waals surface area contributed by atoms with Crippen LogP contribution in [0.15, 0.2) is 0 Å². The summed E-state index contributed by atoms with van der Waals surface area (Å²) in [4.78, 5) is 2.28. The molecule has 0 aliphatic heterocycles. The number of nitrogens with zero attached hydrogens (tertiary/aromatic N) is 1. The first-order valence-corrected chi connectivity index (χ1v) is 5.12. The normalized spacial score (nSPS) is 21.0. The van der Waals surface area contributed by atoms with Crippen molar-refractivity contribution in [1.82, 2.24) is 10.2 Å². The molecule has 1 unspecified atom stereocenters. The van der Waals surface area contributed by atoms with Crippen molar-refractivity contribution < 1.29 is 0 Å². The minimum absolute atomic E-state index is 0.735. The summed E-state index contributed by atoms with van der Waals surface area (Å²) in [6.07, 6.45) is 4.32. The summed E-state index contributed by atoms with van der Waals surface area (Å²) in [5, 5.41) is 3.57. The van der Waals surface area contributed by atoms with Crippen LogP contribution in [-0.4, -0.2) is 38.1 Å². The van der Waals surface area contributed by atoms with Crippen molar-refractivity contribution in [3.8, 4) is 0 Å². The third kappa shape index (κ3) is 2.76. The topological polar surface area (TPSA) is 15.3 Å². The molecule has 1 atom stereocenters. The molecule has 1 aliphatic rings. The zero-order valence-corrected chi connectivity index (χ0v) is 8.64. The van der Waals surface area contributed by atoms with Crippen molar-refractivity contribution in [1.29, 1.82) is 0 Å². The summed E-state index contributed by atoms with van der Waals surface area (Å²) in [5.74, 6) is 0.951.